The number of rotatable bonds is 4. The molecular formula is C9H15ClNOPS. The fourth-order valence-corrected chi connectivity index (χ4v) is 2.32. The Morgan fingerprint density at radius 3 is 2.64 bits per heavy atom. The van der Waals surface area contributed by atoms with Crippen LogP contribution in [0.2, 0.25) is 0 Å². The molecule has 2 nitrogen and oxygen atoms in total. The summed E-state index contributed by atoms with van der Waals surface area (Å²) in [7, 11) is 0.605. The zero-order chi connectivity index (χ0) is 10.4. The smallest absolute Gasteiger partial charge is 0.212 e. The first kappa shape index (κ1) is 12.2. The van der Waals surface area contributed by atoms with Gasteiger partial charge in [0.15, 0.2) is 0 Å². The standard InChI is InChI=1S/C9H15ClNOPS/c1-2-12-9(11(10)13-14)8-6-4-3-5-7-8/h2-7H2,1H3. The molecule has 0 radical (unpaired) electrons. The van der Waals surface area contributed by atoms with E-state index >= 15 is 0 Å². The average Bonchev–Trinajstić information content (AvgIpc) is 2.26. The maximum absolute atomic E-state index is 5.98. The van der Waals surface area contributed by atoms with Crippen molar-refractivity contribution in [2.75, 3.05) is 6.61 Å². The van der Waals surface area contributed by atoms with Crippen LogP contribution in [0.5, 0.6) is 0 Å². The third-order valence-corrected chi connectivity index (χ3v) is 3.74. The first-order chi connectivity index (χ1) is 6.79. The van der Waals surface area contributed by atoms with Crippen LogP contribution in [-0.4, -0.2) is 10.8 Å². The summed E-state index contributed by atoms with van der Waals surface area (Å²) in [6.07, 6.45) is 6.00. The second-order valence-corrected chi connectivity index (χ2v) is 4.87. The Balaban J connectivity index is 2.75. The molecule has 14 heavy (non-hydrogen) atoms. The lowest BCUT2D eigenvalue weighted by Crippen LogP contribution is -2.09. The first-order valence-electron chi connectivity index (χ1n) is 4.93. The van der Waals surface area contributed by atoms with E-state index in [0.29, 0.717) is 14.1 Å². The summed E-state index contributed by atoms with van der Waals surface area (Å²) in [6, 6.07) is 0. The molecule has 0 amide bonds. The van der Waals surface area contributed by atoms with Crippen LogP contribution in [0.3, 0.4) is 0 Å². The molecule has 1 aliphatic rings. The predicted octanol–water partition coefficient (Wildman–Crippen LogP) is 3.98. The van der Waals surface area contributed by atoms with Gasteiger partial charge in [0, 0.05) is 11.8 Å². The van der Waals surface area contributed by atoms with Gasteiger partial charge in [-0.2, -0.15) is 4.19 Å². The van der Waals surface area contributed by atoms with Crippen molar-refractivity contribution in [1.29, 1.82) is 0 Å². The molecule has 0 atom stereocenters. The van der Waals surface area contributed by atoms with Gasteiger partial charge in [-0.05, 0) is 50.0 Å². The third kappa shape index (κ3) is 3.38. The van der Waals surface area contributed by atoms with E-state index in [1.807, 2.05) is 6.92 Å². The van der Waals surface area contributed by atoms with Crippen molar-refractivity contribution in [2.45, 2.75) is 39.0 Å². The van der Waals surface area contributed by atoms with Crippen molar-refractivity contribution >= 4 is 31.1 Å². The largest absolute Gasteiger partial charge is 0.478 e. The Morgan fingerprint density at radius 2 is 2.14 bits per heavy atom. The van der Waals surface area contributed by atoms with E-state index in [1.165, 1.54) is 29.0 Å². The van der Waals surface area contributed by atoms with Gasteiger partial charge in [-0.25, -0.2) is 0 Å². The van der Waals surface area contributed by atoms with E-state index in [4.69, 9.17) is 28.3 Å². The molecule has 1 aliphatic carbocycles. The maximum Gasteiger partial charge on any atom is 0.212 e. The quantitative estimate of drug-likeness (QED) is 0.426. The molecule has 0 heterocycles. The lowest BCUT2D eigenvalue weighted by Gasteiger charge is -2.21. The van der Waals surface area contributed by atoms with E-state index in [1.54, 1.807) is 0 Å². The zero-order valence-electron chi connectivity index (χ0n) is 8.33. The molecule has 1 rings (SSSR count). The van der Waals surface area contributed by atoms with Crippen LogP contribution >= 0.6 is 19.3 Å². The number of ether oxygens (including phenoxy) is 1. The summed E-state index contributed by atoms with van der Waals surface area (Å²) in [5, 5.41) is 0. The molecule has 0 N–H and O–H groups in total. The Hall–Kier alpha value is 0.150. The molecule has 0 spiro atoms. The lowest BCUT2D eigenvalue weighted by molar-refractivity contribution is 0.188. The van der Waals surface area contributed by atoms with Gasteiger partial charge < -0.3 is 4.74 Å². The topological polar surface area (TPSA) is 12.5 Å². The van der Waals surface area contributed by atoms with E-state index < -0.39 is 0 Å². The second kappa shape index (κ2) is 6.60. The summed E-state index contributed by atoms with van der Waals surface area (Å²) < 4.78 is 7.02. The van der Waals surface area contributed by atoms with E-state index in [9.17, 15) is 0 Å². The highest BCUT2D eigenvalue weighted by Crippen LogP contribution is 2.31. The molecule has 1 saturated carbocycles. The minimum absolute atomic E-state index is 0.605. The molecule has 0 unspecified atom stereocenters. The van der Waals surface area contributed by atoms with Crippen molar-refractivity contribution in [3.63, 3.8) is 0 Å². The molecular weight excluding hydrogens is 237 g/mol. The van der Waals surface area contributed by atoms with Gasteiger partial charge in [-0.1, -0.05) is 6.42 Å². The summed E-state index contributed by atoms with van der Waals surface area (Å²) >= 11 is 10.9. The summed E-state index contributed by atoms with van der Waals surface area (Å²) in [4.78, 5) is 0. The van der Waals surface area contributed by atoms with E-state index in [-0.39, 0.29) is 0 Å². The molecule has 0 aromatic carbocycles. The van der Waals surface area contributed by atoms with Crippen LogP contribution in [0.1, 0.15) is 39.0 Å². The zero-order valence-corrected chi connectivity index (χ0v) is 10.8. The van der Waals surface area contributed by atoms with Crippen LogP contribution in [-0.2, 0) is 16.5 Å². The summed E-state index contributed by atoms with van der Waals surface area (Å²) in [5.74, 6) is 0.797. The van der Waals surface area contributed by atoms with E-state index in [2.05, 4.69) is 0 Å². The molecule has 0 saturated heterocycles. The third-order valence-electron chi connectivity index (χ3n) is 2.28. The lowest BCUT2D eigenvalue weighted by atomic mass is 9.95. The van der Waals surface area contributed by atoms with Gasteiger partial charge in [-0.15, -0.1) is 0 Å². The molecule has 0 aromatic rings. The number of halogens is 1. The van der Waals surface area contributed by atoms with Crippen molar-refractivity contribution < 1.29 is 4.74 Å². The van der Waals surface area contributed by atoms with Crippen molar-refractivity contribution in [3.8, 4) is 0 Å². The van der Waals surface area contributed by atoms with Gasteiger partial charge in [0.2, 0.25) is 5.88 Å². The van der Waals surface area contributed by atoms with Crippen LogP contribution < -0.4 is 0 Å². The Labute approximate surface area is 97.3 Å². The minimum atomic E-state index is 0.605. The molecule has 5 heteroatoms. The van der Waals surface area contributed by atoms with Gasteiger partial charge in [0.05, 0.1) is 6.61 Å². The Kier molecular flexibility index (Phi) is 5.76. The van der Waals surface area contributed by atoms with Gasteiger partial charge in [0.1, 0.15) is 7.51 Å². The van der Waals surface area contributed by atoms with Crippen molar-refractivity contribution in [2.24, 2.45) is 0 Å². The molecule has 0 bridgehead atoms. The van der Waals surface area contributed by atoms with Gasteiger partial charge in [0.25, 0.3) is 0 Å². The molecule has 80 valence electrons. The SMILES string of the molecule is CCOC(=C1CCCCC1)N(Cl)P=S. The van der Waals surface area contributed by atoms with E-state index in [0.717, 1.165) is 18.7 Å². The second-order valence-electron chi connectivity index (χ2n) is 3.24. The number of allylic oxidation sites excluding steroid dienone is 1. The molecule has 0 aromatic heterocycles. The fourth-order valence-electron chi connectivity index (χ4n) is 1.65. The Bertz CT molecular complexity index is 227. The average molecular weight is 252 g/mol. The van der Waals surface area contributed by atoms with Crippen molar-refractivity contribution in [1.82, 2.24) is 4.19 Å². The summed E-state index contributed by atoms with van der Waals surface area (Å²) in [5.41, 5.74) is 1.32. The highest BCUT2D eigenvalue weighted by molar-refractivity contribution is 7.95. The Morgan fingerprint density at radius 1 is 1.50 bits per heavy atom. The van der Waals surface area contributed by atoms with Crippen molar-refractivity contribution in [3.05, 3.63) is 11.5 Å². The highest BCUT2D eigenvalue weighted by Gasteiger charge is 2.16. The van der Waals surface area contributed by atoms with Gasteiger partial charge in [-0.3, -0.25) is 0 Å². The normalized spacial score (nSPS) is 16.9. The van der Waals surface area contributed by atoms with Gasteiger partial charge >= 0.3 is 0 Å². The predicted molar refractivity (Wildman–Crippen MR) is 63.7 cm³/mol. The van der Waals surface area contributed by atoms with Crippen LogP contribution in [0.25, 0.3) is 0 Å². The molecule has 1 fully saturated rings. The summed E-state index contributed by atoms with van der Waals surface area (Å²) in [6.45, 7) is 2.61. The highest BCUT2D eigenvalue weighted by atomic mass is 35.5. The fraction of sp³-hybridized carbons (Fsp3) is 0.778. The number of hydrogen-bond acceptors (Lipinski definition) is 2. The van der Waals surface area contributed by atoms with Crippen LogP contribution in [0, 0.1) is 0 Å². The number of hydrogen-bond donors (Lipinski definition) is 0. The van der Waals surface area contributed by atoms with Crippen LogP contribution in [0.15, 0.2) is 11.5 Å². The molecule has 0 aliphatic heterocycles. The minimum Gasteiger partial charge on any atom is -0.478 e. The monoisotopic (exact) mass is 251 g/mol. The van der Waals surface area contributed by atoms with Crippen LogP contribution in [0.4, 0.5) is 0 Å². The first-order valence-corrected chi connectivity index (χ1v) is 7.13. The number of nitrogens with zero attached hydrogens (tertiary/aromatic N) is 1. The maximum atomic E-state index is 5.98.